The summed E-state index contributed by atoms with van der Waals surface area (Å²) in [5, 5.41) is 3.77. The van der Waals surface area contributed by atoms with Gasteiger partial charge in [-0.05, 0) is 76.1 Å². The zero-order valence-corrected chi connectivity index (χ0v) is 21.4. The normalized spacial score (nSPS) is 12.3. The van der Waals surface area contributed by atoms with Gasteiger partial charge in [-0.1, -0.05) is 48.4 Å². The highest BCUT2D eigenvalue weighted by Gasteiger charge is 2.30. The first-order chi connectivity index (χ1) is 15.1. The zero-order valence-electron chi connectivity index (χ0n) is 19.8. The lowest BCUT2D eigenvalue weighted by molar-refractivity contribution is -0.142. The highest BCUT2D eigenvalue weighted by Crippen LogP contribution is 2.22. The van der Waals surface area contributed by atoms with Crippen molar-refractivity contribution in [3.63, 3.8) is 0 Å². The highest BCUT2D eigenvalue weighted by atomic mass is 35.5. The van der Waals surface area contributed by atoms with Gasteiger partial charge in [0.25, 0.3) is 0 Å². The van der Waals surface area contributed by atoms with Gasteiger partial charge in [0.15, 0.2) is 0 Å². The molecule has 32 heavy (non-hydrogen) atoms. The van der Waals surface area contributed by atoms with E-state index in [0.717, 1.165) is 33.2 Å². The van der Waals surface area contributed by atoms with E-state index in [1.54, 1.807) is 16.7 Å². The van der Waals surface area contributed by atoms with Crippen molar-refractivity contribution >= 4 is 35.2 Å². The summed E-state index contributed by atoms with van der Waals surface area (Å²) in [6, 6.07) is 15.3. The molecule has 2 rings (SSSR count). The first-order valence-electron chi connectivity index (χ1n) is 11.1. The Hall–Kier alpha value is -1.98. The lowest BCUT2D eigenvalue weighted by Crippen LogP contribution is -2.53. The number of hydrogen-bond acceptors (Lipinski definition) is 3. The molecule has 0 spiro atoms. The quantitative estimate of drug-likeness (QED) is 0.327. The fourth-order valence-corrected chi connectivity index (χ4v) is 4.45. The van der Waals surface area contributed by atoms with Crippen molar-refractivity contribution in [2.24, 2.45) is 0 Å². The maximum atomic E-state index is 13.3. The maximum Gasteiger partial charge on any atom is 0.243 e. The third kappa shape index (κ3) is 8.87. The third-order valence-electron chi connectivity index (χ3n) is 4.94. The molecule has 0 radical (unpaired) electrons. The number of carbonyl (C=O) groups is 2. The number of aryl methyl sites for hydroxylation is 1. The van der Waals surface area contributed by atoms with Crippen molar-refractivity contribution in [3.8, 4) is 0 Å². The Kier molecular flexibility index (Phi) is 10.1. The molecule has 1 unspecified atom stereocenters. The van der Waals surface area contributed by atoms with Crippen LogP contribution < -0.4 is 5.32 Å². The van der Waals surface area contributed by atoms with Crippen molar-refractivity contribution < 1.29 is 9.59 Å². The van der Waals surface area contributed by atoms with Gasteiger partial charge in [0.05, 0.1) is 0 Å². The molecule has 0 heterocycles. The smallest absolute Gasteiger partial charge is 0.243 e. The summed E-state index contributed by atoms with van der Waals surface area (Å²) in [7, 11) is 0. The fourth-order valence-electron chi connectivity index (χ4n) is 3.47. The van der Waals surface area contributed by atoms with Crippen LogP contribution >= 0.6 is 23.4 Å². The molecule has 1 N–H and O–H groups in total. The predicted molar refractivity (Wildman–Crippen MR) is 135 cm³/mol. The highest BCUT2D eigenvalue weighted by molar-refractivity contribution is 7.99. The second kappa shape index (κ2) is 12.3. The minimum Gasteiger partial charge on any atom is -0.350 e. The predicted octanol–water partition coefficient (Wildman–Crippen LogP) is 6.24. The van der Waals surface area contributed by atoms with E-state index in [-0.39, 0.29) is 17.4 Å². The van der Waals surface area contributed by atoms with Crippen LogP contribution in [0.3, 0.4) is 0 Å². The van der Waals surface area contributed by atoms with Gasteiger partial charge in [0, 0.05) is 28.4 Å². The molecule has 0 saturated heterocycles. The summed E-state index contributed by atoms with van der Waals surface area (Å²) in [6.45, 7) is 10.3. The molecule has 0 aliphatic rings. The standard InChI is InChI=1S/C26H35ClN2O2S/c1-6-23(25(31)28-26(3,4)5)29(18-20-10-7-9-19(2)17-20)24(30)11-8-16-32-22-14-12-21(27)13-15-22/h7,9-10,12-15,17,23H,6,8,11,16,18H2,1-5H3,(H,28,31). The maximum absolute atomic E-state index is 13.3. The molecular formula is C26H35ClN2O2S. The molecule has 0 saturated carbocycles. The second-order valence-electron chi connectivity index (χ2n) is 9.08. The molecule has 0 aliphatic carbocycles. The Morgan fingerprint density at radius 3 is 2.41 bits per heavy atom. The van der Waals surface area contributed by atoms with Crippen LogP contribution in [0, 0.1) is 6.92 Å². The second-order valence-corrected chi connectivity index (χ2v) is 10.7. The number of thioether (sulfide) groups is 1. The van der Waals surface area contributed by atoms with E-state index < -0.39 is 6.04 Å². The summed E-state index contributed by atoms with van der Waals surface area (Å²) in [5.74, 6) is 0.743. The van der Waals surface area contributed by atoms with Crippen molar-refractivity contribution in [2.75, 3.05) is 5.75 Å². The van der Waals surface area contributed by atoms with E-state index in [4.69, 9.17) is 11.6 Å². The first kappa shape index (κ1) is 26.3. The lowest BCUT2D eigenvalue weighted by atomic mass is 10.0. The number of nitrogens with zero attached hydrogens (tertiary/aromatic N) is 1. The lowest BCUT2D eigenvalue weighted by Gasteiger charge is -2.33. The van der Waals surface area contributed by atoms with Gasteiger partial charge in [-0.3, -0.25) is 9.59 Å². The van der Waals surface area contributed by atoms with Crippen LogP contribution in [-0.2, 0) is 16.1 Å². The van der Waals surface area contributed by atoms with Crippen molar-refractivity contribution in [1.82, 2.24) is 10.2 Å². The summed E-state index contributed by atoms with van der Waals surface area (Å²) in [4.78, 5) is 29.2. The summed E-state index contributed by atoms with van der Waals surface area (Å²) >= 11 is 7.65. The van der Waals surface area contributed by atoms with Crippen molar-refractivity contribution in [2.45, 2.75) is 76.9 Å². The Bertz CT molecular complexity index is 893. The molecule has 0 fully saturated rings. The molecule has 4 nitrogen and oxygen atoms in total. The Morgan fingerprint density at radius 1 is 1.12 bits per heavy atom. The molecule has 1 atom stereocenters. The Balaban J connectivity index is 2.08. The topological polar surface area (TPSA) is 49.4 Å². The van der Waals surface area contributed by atoms with Crippen molar-refractivity contribution in [1.29, 1.82) is 0 Å². The van der Waals surface area contributed by atoms with E-state index in [0.29, 0.717) is 19.4 Å². The number of carbonyl (C=O) groups excluding carboxylic acids is 2. The number of halogens is 1. The van der Waals surface area contributed by atoms with Gasteiger partial charge in [0.2, 0.25) is 11.8 Å². The molecule has 0 aromatic heterocycles. The number of hydrogen-bond donors (Lipinski definition) is 1. The molecule has 6 heteroatoms. The molecule has 2 aromatic rings. The SMILES string of the molecule is CCC(C(=O)NC(C)(C)C)N(Cc1cccc(C)c1)C(=O)CCCSc1ccc(Cl)cc1. The van der Waals surface area contributed by atoms with Gasteiger partial charge in [-0.25, -0.2) is 0 Å². The van der Waals surface area contributed by atoms with Crippen molar-refractivity contribution in [3.05, 3.63) is 64.7 Å². The van der Waals surface area contributed by atoms with E-state index in [1.807, 2.05) is 77.1 Å². The van der Waals surface area contributed by atoms with Crippen LogP contribution in [0.25, 0.3) is 0 Å². The Morgan fingerprint density at radius 2 is 1.81 bits per heavy atom. The average Bonchev–Trinajstić information content (AvgIpc) is 2.71. The van der Waals surface area contributed by atoms with Gasteiger partial charge in [0.1, 0.15) is 6.04 Å². The summed E-state index contributed by atoms with van der Waals surface area (Å²) in [5.41, 5.74) is 1.83. The number of nitrogens with one attached hydrogen (secondary N) is 1. The minimum absolute atomic E-state index is 0.0131. The largest absolute Gasteiger partial charge is 0.350 e. The minimum atomic E-state index is -0.494. The summed E-state index contributed by atoms with van der Waals surface area (Å²) < 4.78 is 0. The fraction of sp³-hybridized carbons (Fsp3) is 0.462. The van der Waals surface area contributed by atoms with Crippen LogP contribution in [0.5, 0.6) is 0 Å². The van der Waals surface area contributed by atoms with Crippen LogP contribution in [0.2, 0.25) is 5.02 Å². The van der Waals surface area contributed by atoms with E-state index >= 15 is 0 Å². The zero-order chi connectivity index (χ0) is 23.7. The van der Waals surface area contributed by atoms with Crippen LogP contribution in [0.1, 0.15) is 58.1 Å². The van der Waals surface area contributed by atoms with E-state index in [2.05, 4.69) is 11.4 Å². The molecule has 0 aliphatic heterocycles. The van der Waals surface area contributed by atoms with E-state index in [9.17, 15) is 9.59 Å². The molecule has 2 aromatic carbocycles. The Labute approximate surface area is 202 Å². The molecule has 0 bridgehead atoms. The van der Waals surface area contributed by atoms with Gasteiger partial charge >= 0.3 is 0 Å². The summed E-state index contributed by atoms with van der Waals surface area (Å²) in [6.07, 6.45) is 1.72. The number of rotatable bonds is 10. The number of benzene rings is 2. The van der Waals surface area contributed by atoms with Gasteiger partial charge in [-0.2, -0.15) is 0 Å². The van der Waals surface area contributed by atoms with Gasteiger partial charge < -0.3 is 10.2 Å². The molecule has 2 amide bonds. The van der Waals surface area contributed by atoms with E-state index in [1.165, 1.54) is 0 Å². The number of amides is 2. The van der Waals surface area contributed by atoms with Crippen LogP contribution in [0.15, 0.2) is 53.4 Å². The van der Waals surface area contributed by atoms with Crippen LogP contribution in [-0.4, -0.2) is 34.0 Å². The van der Waals surface area contributed by atoms with Crippen LogP contribution in [0.4, 0.5) is 0 Å². The van der Waals surface area contributed by atoms with Gasteiger partial charge in [-0.15, -0.1) is 11.8 Å². The molecular weight excluding hydrogens is 440 g/mol. The molecule has 174 valence electrons. The monoisotopic (exact) mass is 474 g/mol. The third-order valence-corrected chi connectivity index (χ3v) is 6.29. The first-order valence-corrected chi connectivity index (χ1v) is 12.5. The average molecular weight is 475 g/mol.